The second-order valence-electron chi connectivity index (χ2n) is 11.2. The molecule has 1 heterocycles. The highest BCUT2D eigenvalue weighted by Gasteiger charge is 2.36. The molecule has 1 saturated heterocycles. The van der Waals surface area contributed by atoms with Gasteiger partial charge in [-0.15, -0.1) is 0 Å². The molecule has 0 aliphatic carbocycles. The predicted octanol–water partition coefficient (Wildman–Crippen LogP) is 0.712. The van der Waals surface area contributed by atoms with Crippen LogP contribution in [0.5, 0.6) is 5.75 Å². The number of carbonyl (C=O) groups is 5. The minimum atomic E-state index is -1.16. The maximum Gasteiger partial charge on any atom is 0.326 e. The molecule has 1 aliphatic heterocycles. The highest BCUT2D eigenvalue weighted by atomic mass is 16.4. The normalized spacial score (nSPS) is 16.7. The summed E-state index contributed by atoms with van der Waals surface area (Å²) in [5, 5.41) is 26.8. The minimum Gasteiger partial charge on any atom is -0.508 e. The summed E-state index contributed by atoms with van der Waals surface area (Å²) in [5.41, 5.74) is 7.50. The summed E-state index contributed by atoms with van der Waals surface area (Å²) in [6, 6.07) is 11.3. The fraction of sp³-hybridized carbons (Fsp3) is 0.452. The van der Waals surface area contributed by atoms with Crippen molar-refractivity contribution in [2.75, 3.05) is 13.1 Å². The summed E-state index contributed by atoms with van der Waals surface area (Å²) in [4.78, 5) is 65.4. The van der Waals surface area contributed by atoms with Crippen molar-refractivity contribution in [2.45, 2.75) is 70.1 Å². The molecule has 232 valence electrons. The van der Waals surface area contributed by atoms with Crippen LogP contribution in [-0.4, -0.2) is 82.0 Å². The number of carbonyl (C=O) groups excluding carboxylic acids is 4. The number of aliphatic carboxylic acids is 1. The van der Waals surface area contributed by atoms with Crippen LogP contribution < -0.4 is 21.7 Å². The van der Waals surface area contributed by atoms with E-state index in [2.05, 4.69) is 16.0 Å². The Morgan fingerprint density at radius 1 is 0.907 bits per heavy atom. The van der Waals surface area contributed by atoms with Gasteiger partial charge in [-0.2, -0.15) is 0 Å². The van der Waals surface area contributed by atoms with Gasteiger partial charge in [0, 0.05) is 13.0 Å². The Hall–Kier alpha value is -4.45. The van der Waals surface area contributed by atoms with E-state index in [0.717, 1.165) is 11.1 Å². The van der Waals surface area contributed by atoms with Crippen molar-refractivity contribution in [2.24, 2.45) is 11.7 Å². The molecule has 7 N–H and O–H groups in total. The Labute approximate surface area is 251 Å². The maximum atomic E-state index is 13.4. The third kappa shape index (κ3) is 10.1. The van der Waals surface area contributed by atoms with Gasteiger partial charge in [-0.05, 0) is 54.9 Å². The molecule has 0 saturated carbocycles. The van der Waals surface area contributed by atoms with E-state index in [1.165, 1.54) is 17.0 Å². The van der Waals surface area contributed by atoms with E-state index in [9.17, 15) is 34.2 Å². The summed E-state index contributed by atoms with van der Waals surface area (Å²) in [7, 11) is 0. The van der Waals surface area contributed by atoms with Crippen molar-refractivity contribution in [3.63, 3.8) is 0 Å². The average molecular weight is 596 g/mol. The van der Waals surface area contributed by atoms with E-state index in [0.29, 0.717) is 19.4 Å². The number of carboxylic acid groups (broad SMARTS) is 1. The zero-order chi connectivity index (χ0) is 31.5. The summed E-state index contributed by atoms with van der Waals surface area (Å²) in [6.45, 7) is 3.65. The van der Waals surface area contributed by atoms with E-state index >= 15 is 0 Å². The van der Waals surface area contributed by atoms with Gasteiger partial charge in [0.1, 0.15) is 23.9 Å². The predicted molar refractivity (Wildman–Crippen MR) is 159 cm³/mol. The number of hydrogen-bond acceptors (Lipinski definition) is 7. The van der Waals surface area contributed by atoms with E-state index in [4.69, 9.17) is 5.73 Å². The first kappa shape index (κ1) is 33.1. The molecule has 1 aliphatic rings. The number of phenolic OH excluding ortho intramolecular Hbond substituents is 1. The van der Waals surface area contributed by atoms with Crippen LogP contribution in [0.2, 0.25) is 0 Å². The smallest absolute Gasteiger partial charge is 0.326 e. The highest BCUT2D eigenvalue weighted by Crippen LogP contribution is 2.18. The van der Waals surface area contributed by atoms with Gasteiger partial charge in [-0.3, -0.25) is 19.2 Å². The lowest BCUT2D eigenvalue weighted by Crippen LogP contribution is -2.56. The molecule has 43 heavy (non-hydrogen) atoms. The standard InChI is InChI=1S/C31H41N5O7/c1-19(2)15-25(31(42)43)35-29(40)24(17-20-7-4-3-5-8-20)34-30(41)26-9-6-14-36(26)27(38)18-33-28(39)23(32)16-21-10-12-22(37)13-11-21/h3-5,7-8,10-13,19,23-26,37H,6,9,14-18,32H2,1-2H3,(H,33,39)(H,34,41)(H,35,40)(H,42,43)/t23-,24-,25-,26-/m0/s1. The first-order chi connectivity index (χ1) is 20.4. The van der Waals surface area contributed by atoms with Gasteiger partial charge in [-0.25, -0.2) is 4.79 Å². The number of rotatable bonds is 14. The third-order valence-corrected chi connectivity index (χ3v) is 7.26. The number of benzene rings is 2. The van der Waals surface area contributed by atoms with Crippen LogP contribution in [-0.2, 0) is 36.8 Å². The monoisotopic (exact) mass is 595 g/mol. The van der Waals surface area contributed by atoms with Gasteiger partial charge in [-0.1, -0.05) is 56.3 Å². The van der Waals surface area contributed by atoms with E-state index < -0.39 is 53.8 Å². The van der Waals surface area contributed by atoms with Crippen molar-refractivity contribution >= 4 is 29.6 Å². The summed E-state index contributed by atoms with van der Waals surface area (Å²) >= 11 is 0. The summed E-state index contributed by atoms with van der Waals surface area (Å²) < 4.78 is 0. The number of amides is 4. The number of nitrogens with one attached hydrogen (secondary N) is 3. The van der Waals surface area contributed by atoms with E-state index in [-0.39, 0.29) is 37.5 Å². The lowest BCUT2D eigenvalue weighted by Gasteiger charge is -2.27. The number of phenols is 1. The van der Waals surface area contributed by atoms with Crippen LogP contribution >= 0.6 is 0 Å². The second kappa shape index (κ2) is 15.7. The van der Waals surface area contributed by atoms with Crippen LogP contribution in [0, 0.1) is 5.92 Å². The van der Waals surface area contributed by atoms with Gasteiger partial charge < -0.3 is 36.8 Å². The first-order valence-electron chi connectivity index (χ1n) is 14.4. The molecule has 12 nitrogen and oxygen atoms in total. The molecule has 0 spiro atoms. The lowest BCUT2D eigenvalue weighted by molar-refractivity contribution is -0.143. The van der Waals surface area contributed by atoms with Gasteiger partial charge in [0.25, 0.3) is 0 Å². The molecule has 4 amide bonds. The Bertz CT molecular complexity index is 1270. The van der Waals surface area contributed by atoms with Crippen molar-refractivity contribution in [3.8, 4) is 5.75 Å². The summed E-state index contributed by atoms with van der Waals surface area (Å²) in [6.07, 6.45) is 1.49. The Balaban J connectivity index is 1.63. The second-order valence-corrected chi connectivity index (χ2v) is 11.2. The van der Waals surface area contributed by atoms with Crippen LogP contribution in [0.1, 0.15) is 44.2 Å². The molecule has 3 rings (SSSR count). The largest absolute Gasteiger partial charge is 0.508 e. The minimum absolute atomic E-state index is 0.0180. The van der Waals surface area contributed by atoms with Crippen molar-refractivity contribution in [3.05, 3.63) is 65.7 Å². The average Bonchev–Trinajstić information content (AvgIpc) is 3.47. The molecule has 0 aromatic heterocycles. The van der Waals surface area contributed by atoms with Crippen LogP contribution in [0.4, 0.5) is 0 Å². The van der Waals surface area contributed by atoms with Crippen molar-refractivity contribution < 1.29 is 34.2 Å². The van der Waals surface area contributed by atoms with Crippen LogP contribution in [0.25, 0.3) is 0 Å². The fourth-order valence-electron chi connectivity index (χ4n) is 5.00. The van der Waals surface area contributed by atoms with Gasteiger partial charge >= 0.3 is 5.97 Å². The number of nitrogens with two attached hydrogens (primary N) is 1. The number of likely N-dealkylation sites (tertiary alicyclic amines) is 1. The van der Waals surface area contributed by atoms with Gasteiger partial charge in [0.15, 0.2) is 0 Å². The zero-order valence-corrected chi connectivity index (χ0v) is 24.5. The highest BCUT2D eigenvalue weighted by molar-refractivity contribution is 5.95. The number of carboxylic acids is 1. The maximum absolute atomic E-state index is 13.4. The Morgan fingerprint density at radius 2 is 1.56 bits per heavy atom. The van der Waals surface area contributed by atoms with Crippen LogP contribution in [0.3, 0.4) is 0 Å². The lowest BCUT2D eigenvalue weighted by atomic mass is 10.0. The van der Waals surface area contributed by atoms with Crippen molar-refractivity contribution in [1.29, 1.82) is 0 Å². The van der Waals surface area contributed by atoms with E-state index in [1.54, 1.807) is 36.4 Å². The number of nitrogens with zero attached hydrogens (tertiary/aromatic N) is 1. The molecule has 0 bridgehead atoms. The van der Waals surface area contributed by atoms with Crippen molar-refractivity contribution in [1.82, 2.24) is 20.9 Å². The number of hydrogen-bond donors (Lipinski definition) is 6. The first-order valence-corrected chi connectivity index (χ1v) is 14.4. The number of aromatic hydroxyl groups is 1. The van der Waals surface area contributed by atoms with E-state index in [1.807, 2.05) is 19.9 Å². The Kier molecular flexibility index (Phi) is 12.1. The molecule has 0 unspecified atom stereocenters. The fourth-order valence-corrected chi connectivity index (χ4v) is 5.00. The quantitative estimate of drug-likeness (QED) is 0.184. The molecular weight excluding hydrogens is 554 g/mol. The van der Waals surface area contributed by atoms with Gasteiger partial charge in [0.2, 0.25) is 23.6 Å². The molecular formula is C31H41N5O7. The summed E-state index contributed by atoms with van der Waals surface area (Å²) in [5.74, 6) is -3.21. The zero-order valence-electron chi connectivity index (χ0n) is 24.5. The Morgan fingerprint density at radius 3 is 2.19 bits per heavy atom. The third-order valence-electron chi connectivity index (χ3n) is 7.26. The van der Waals surface area contributed by atoms with Crippen LogP contribution in [0.15, 0.2) is 54.6 Å². The molecule has 4 atom stereocenters. The molecule has 1 fully saturated rings. The van der Waals surface area contributed by atoms with Gasteiger partial charge in [0.05, 0.1) is 12.6 Å². The molecule has 2 aromatic carbocycles. The topological polar surface area (TPSA) is 191 Å². The molecule has 2 aromatic rings. The molecule has 0 radical (unpaired) electrons. The molecule has 12 heteroatoms. The SMILES string of the molecule is CC(C)C[C@H](NC(=O)[C@H](Cc1ccccc1)NC(=O)[C@@H]1CCCN1C(=O)CNC(=O)[C@@H](N)Cc1ccc(O)cc1)C(=O)O.